The number of aryl methyl sites for hydroxylation is 1. The maximum Gasteiger partial charge on any atom is 0.220 e. The number of hydrogen-bond donors (Lipinski definition) is 1. The summed E-state index contributed by atoms with van der Waals surface area (Å²) in [7, 11) is 8.24. The highest BCUT2D eigenvalue weighted by Crippen LogP contribution is 2.50. The molecule has 0 saturated heterocycles. The number of benzene rings is 1. The van der Waals surface area contributed by atoms with E-state index in [9.17, 15) is 4.79 Å². The van der Waals surface area contributed by atoms with E-state index in [1.54, 1.807) is 21.3 Å². The number of hydrogen-bond acceptors (Lipinski definition) is 6. The number of ether oxygens (including phenoxy) is 4. The molecule has 0 unspecified atom stereocenters. The van der Waals surface area contributed by atoms with Gasteiger partial charge in [0.15, 0.2) is 17.2 Å². The van der Waals surface area contributed by atoms with Gasteiger partial charge in [-0.3, -0.25) is 4.79 Å². The predicted molar refractivity (Wildman–Crippen MR) is 104 cm³/mol. The predicted octanol–water partition coefficient (Wildman–Crippen LogP) is 2.95. The summed E-state index contributed by atoms with van der Waals surface area (Å²) in [6.45, 7) is 0. The molecule has 6 nitrogen and oxygen atoms in total. The minimum absolute atomic E-state index is 0.0646. The summed E-state index contributed by atoms with van der Waals surface area (Å²) in [6, 6.07) is 7.25. The topological polar surface area (TPSA) is 66.0 Å². The minimum Gasteiger partial charge on any atom is -0.493 e. The Hall–Kier alpha value is -2.73. The molecular weight excluding hydrogens is 346 g/mol. The van der Waals surface area contributed by atoms with Gasteiger partial charge in [0, 0.05) is 11.6 Å². The Balaban J connectivity index is 2.44. The highest BCUT2D eigenvalue weighted by Gasteiger charge is 2.28. The van der Waals surface area contributed by atoms with Gasteiger partial charge in [0.05, 0.1) is 28.4 Å². The minimum atomic E-state index is -0.165. The van der Waals surface area contributed by atoms with E-state index < -0.39 is 0 Å². The fourth-order valence-electron chi connectivity index (χ4n) is 3.76. The molecule has 0 saturated carbocycles. The Morgan fingerprint density at radius 2 is 1.63 bits per heavy atom. The van der Waals surface area contributed by atoms with Crippen LogP contribution in [0.3, 0.4) is 0 Å². The van der Waals surface area contributed by atoms with Gasteiger partial charge in [-0.15, -0.1) is 0 Å². The normalized spacial score (nSPS) is 15.2. The van der Waals surface area contributed by atoms with E-state index in [4.69, 9.17) is 18.9 Å². The van der Waals surface area contributed by atoms with E-state index >= 15 is 0 Å². The first kappa shape index (κ1) is 19.0. The number of rotatable bonds is 5. The average molecular weight is 371 g/mol. The first-order valence-corrected chi connectivity index (χ1v) is 8.81. The zero-order valence-corrected chi connectivity index (χ0v) is 16.3. The molecule has 0 amide bonds. The van der Waals surface area contributed by atoms with Crippen molar-refractivity contribution < 1.29 is 18.9 Å². The Labute approximate surface area is 159 Å². The lowest BCUT2D eigenvalue weighted by molar-refractivity contribution is 0.324. The summed E-state index contributed by atoms with van der Waals surface area (Å²) >= 11 is 0. The molecule has 1 aliphatic carbocycles. The number of methoxy groups -OCH3 is 4. The van der Waals surface area contributed by atoms with Gasteiger partial charge in [-0.05, 0) is 60.8 Å². The SMILES string of the molecule is CN[C@H]1CCc2cc(OC)c(OC)c(OC)c2-c2ccc(=O)c(OC)cc21. The van der Waals surface area contributed by atoms with E-state index in [-0.39, 0.29) is 11.5 Å². The summed E-state index contributed by atoms with van der Waals surface area (Å²) in [5, 5.41) is 3.35. The van der Waals surface area contributed by atoms with Crippen LogP contribution in [-0.4, -0.2) is 35.5 Å². The van der Waals surface area contributed by atoms with Gasteiger partial charge in [-0.2, -0.15) is 0 Å². The lowest BCUT2D eigenvalue weighted by atomic mass is 9.95. The van der Waals surface area contributed by atoms with Crippen LogP contribution < -0.4 is 29.7 Å². The van der Waals surface area contributed by atoms with Crippen molar-refractivity contribution in [3.63, 3.8) is 0 Å². The standard InChI is InChI=1S/C21H25NO5/c1-22-15-8-6-12-10-18(25-3)20(26-4)21(27-5)19(12)13-7-9-16(23)17(24-2)11-14(13)15/h7,9-11,15,22H,6,8H2,1-5H3/t15-/m0/s1. The van der Waals surface area contributed by atoms with Crippen molar-refractivity contribution in [3.8, 4) is 34.1 Å². The number of fused-ring (bicyclic) bond motifs is 3. The van der Waals surface area contributed by atoms with Crippen molar-refractivity contribution in [2.45, 2.75) is 18.9 Å². The Morgan fingerprint density at radius 3 is 2.22 bits per heavy atom. The highest BCUT2D eigenvalue weighted by molar-refractivity contribution is 5.82. The molecule has 0 radical (unpaired) electrons. The fourth-order valence-corrected chi connectivity index (χ4v) is 3.76. The van der Waals surface area contributed by atoms with Crippen LogP contribution in [0.5, 0.6) is 23.0 Å². The van der Waals surface area contributed by atoms with Gasteiger partial charge < -0.3 is 24.3 Å². The Morgan fingerprint density at radius 1 is 0.926 bits per heavy atom. The molecule has 1 aliphatic rings. The van der Waals surface area contributed by atoms with Crippen LogP contribution in [0, 0.1) is 0 Å². The second-order valence-corrected chi connectivity index (χ2v) is 6.34. The lowest BCUT2D eigenvalue weighted by Gasteiger charge is -2.19. The van der Waals surface area contributed by atoms with E-state index in [1.807, 2.05) is 25.2 Å². The molecule has 3 rings (SSSR count). The largest absolute Gasteiger partial charge is 0.493 e. The molecule has 6 heteroatoms. The molecule has 0 aromatic heterocycles. The van der Waals surface area contributed by atoms with E-state index in [2.05, 4.69) is 5.32 Å². The van der Waals surface area contributed by atoms with Crippen LogP contribution in [0.2, 0.25) is 0 Å². The lowest BCUT2D eigenvalue weighted by Crippen LogP contribution is -2.16. The van der Waals surface area contributed by atoms with Crippen molar-refractivity contribution in [1.82, 2.24) is 5.32 Å². The van der Waals surface area contributed by atoms with Crippen LogP contribution in [0.1, 0.15) is 23.6 Å². The molecule has 0 fully saturated rings. The second kappa shape index (κ2) is 7.88. The quantitative estimate of drug-likeness (QED) is 0.872. The van der Waals surface area contributed by atoms with Crippen molar-refractivity contribution in [3.05, 3.63) is 45.6 Å². The van der Waals surface area contributed by atoms with E-state index in [0.717, 1.165) is 35.1 Å². The van der Waals surface area contributed by atoms with Crippen LogP contribution >= 0.6 is 0 Å². The number of nitrogens with one attached hydrogen (secondary N) is 1. The van der Waals surface area contributed by atoms with Gasteiger partial charge in [-0.1, -0.05) is 0 Å². The van der Waals surface area contributed by atoms with Crippen molar-refractivity contribution in [1.29, 1.82) is 0 Å². The van der Waals surface area contributed by atoms with Crippen LogP contribution in [0.15, 0.2) is 29.1 Å². The van der Waals surface area contributed by atoms with Crippen LogP contribution in [-0.2, 0) is 6.42 Å². The third kappa shape index (κ3) is 3.21. The second-order valence-electron chi connectivity index (χ2n) is 6.34. The van der Waals surface area contributed by atoms with Gasteiger partial charge in [0.25, 0.3) is 0 Å². The third-order valence-electron chi connectivity index (χ3n) is 5.07. The monoisotopic (exact) mass is 371 g/mol. The molecule has 0 heterocycles. The molecule has 2 aromatic rings. The van der Waals surface area contributed by atoms with Crippen molar-refractivity contribution in [2.75, 3.05) is 35.5 Å². The van der Waals surface area contributed by atoms with Gasteiger partial charge >= 0.3 is 0 Å². The highest BCUT2D eigenvalue weighted by atomic mass is 16.5. The van der Waals surface area contributed by atoms with E-state index in [1.165, 1.54) is 13.2 Å². The molecule has 144 valence electrons. The van der Waals surface area contributed by atoms with Gasteiger partial charge in [0.1, 0.15) is 0 Å². The first-order chi connectivity index (χ1) is 13.1. The van der Waals surface area contributed by atoms with Crippen LogP contribution in [0.4, 0.5) is 0 Å². The summed E-state index contributed by atoms with van der Waals surface area (Å²) in [6.07, 6.45) is 1.68. The summed E-state index contributed by atoms with van der Waals surface area (Å²) < 4.78 is 22.1. The van der Waals surface area contributed by atoms with Crippen LogP contribution in [0.25, 0.3) is 11.1 Å². The Kier molecular flexibility index (Phi) is 5.56. The van der Waals surface area contributed by atoms with Crippen molar-refractivity contribution in [2.24, 2.45) is 0 Å². The van der Waals surface area contributed by atoms with Gasteiger partial charge in [-0.25, -0.2) is 0 Å². The maximum atomic E-state index is 12.4. The summed E-state index contributed by atoms with van der Waals surface area (Å²) in [5.41, 5.74) is 3.74. The molecule has 2 aromatic carbocycles. The average Bonchev–Trinajstić information content (AvgIpc) is 2.94. The maximum absolute atomic E-state index is 12.4. The third-order valence-corrected chi connectivity index (χ3v) is 5.07. The van der Waals surface area contributed by atoms with Crippen molar-refractivity contribution >= 4 is 0 Å². The fraction of sp³-hybridized carbons (Fsp3) is 0.381. The summed E-state index contributed by atoms with van der Waals surface area (Å²) in [5.74, 6) is 2.08. The summed E-state index contributed by atoms with van der Waals surface area (Å²) in [4.78, 5) is 12.4. The molecule has 0 spiro atoms. The Bertz CT molecular complexity index is 910. The van der Waals surface area contributed by atoms with E-state index in [0.29, 0.717) is 23.0 Å². The zero-order chi connectivity index (χ0) is 19.6. The zero-order valence-electron chi connectivity index (χ0n) is 16.3. The molecule has 27 heavy (non-hydrogen) atoms. The smallest absolute Gasteiger partial charge is 0.220 e. The van der Waals surface area contributed by atoms with Gasteiger partial charge in [0.2, 0.25) is 11.2 Å². The molecule has 1 N–H and O–H groups in total. The molecule has 0 bridgehead atoms. The molecular formula is C21H25NO5. The molecule has 1 atom stereocenters. The molecule has 0 aliphatic heterocycles. The first-order valence-electron chi connectivity index (χ1n) is 8.81.